The van der Waals surface area contributed by atoms with Crippen LogP contribution in [0.15, 0.2) is 89.5 Å². The van der Waals surface area contributed by atoms with Crippen LogP contribution >= 0.6 is 15.9 Å². The molecule has 0 unspecified atom stereocenters. The number of anilines is 1. The molecular weight excluding hydrogens is 421 g/mol. The molecule has 1 N–H and O–H groups in total. The van der Waals surface area contributed by atoms with Crippen molar-refractivity contribution in [2.75, 3.05) is 5.32 Å². The SMILES string of the molecule is O=C(Nc1ccc(F)cc1)c1cn(-c2ccccc2)nc1-c1cccc(Br)c1. The molecule has 0 fully saturated rings. The first-order valence-corrected chi connectivity index (χ1v) is 9.37. The fourth-order valence-corrected chi connectivity index (χ4v) is 3.23. The lowest BCUT2D eigenvalue weighted by molar-refractivity contribution is 0.102. The predicted molar refractivity (Wildman–Crippen MR) is 111 cm³/mol. The van der Waals surface area contributed by atoms with E-state index < -0.39 is 0 Å². The number of benzene rings is 3. The summed E-state index contributed by atoms with van der Waals surface area (Å²) in [4.78, 5) is 13.0. The van der Waals surface area contributed by atoms with Crippen molar-refractivity contribution in [1.29, 1.82) is 0 Å². The third kappa shape index (κ3) is 3.87. The summed E-state index contributed by atoms with van der Waals surface area (Å²) in [7, 11) is 0. The van der Waals surface area contributed by atoms with E-state index in [2.05, 4.69) is 26.3 Å². The monoisotopic (exact) mass is 435 g/mol. The third-order valence-electron chi connectivity index (χ3n) is 4.18. The van der Waals surface area contributed by atoms with E-state index in [0.717, 1.165) is 15.7 Å². The molecule has 0 aliphatic carbocycles. The highest BCUT2D eigenvalue weighted by atomic mass is 79.9. The Balaban J connectivity index is 1.76. The number of carbonyl (C=O) groups is 1. The number of halogens is 2. The van der Waals surface area contributed by atoms with Gasteiger partial charge in [0.15, 0.2) is 0 Å². The first-order valence-electron chi connectivity index (χ1n) is 8.58. The summed E-state index contributed by atoms with van der Waals surface area (Å²) in [5, 5.41) is 7.45. The van der Waals surface area contributed by atoms with Crippen LogP contribution in [-0.4, -0.2) is 15.7 Å². The summed E-state index contributed by atoms with van der Waals surface area (Å²) in [6.45, 7) is 0. The van der Waals surface area contributed by atoms with E-state index in [9.17, 15) is 9.18 Å². The average Bonchev–Trinajstić information content (AvgIpc) is 3.16. The number of nitrogens with one attached hydrogen (secondary N) is 1. The Bertz CT molecular complexity index is 1120. The Morgan fingerprint density at radius 3 is 2.43 bits per heavy atom. The Hall–Kier alpha value is -3.25. The highest BCUT2D eigenvalue weighted by Gasteiger charge is 2.19. The van der Waals surface area contributed by atoms with Crippen molar-refractivity contribution < 1.29 is 9.18 Å². The average molecular weight is 436 g/mol. The smallest absolute Gasteiger partial charge is 0.259 e. The van der Waals surface area contributed by atoms with Gasteiger partial charge in [0.1, 0.15) is 11.5 Å². The molecule has 28 heavy (non-hydrogen) atoms. The molecule has 0 aliphatic heterocycles. The minimum Gasteiger partial charge on any atom is -0.322 e. The first kappa shape index (κ1) is 18.1. The van der Waals surface area contributed by atoms with Crippen molar-refractivity contribution in [3.05, 3.63) is 101 Å². The van der Waals surface area contributed by atoms with Crippen LogP contribution in [0.3, 0.4) is 0 Å². The van der Waals surface area contributed by atoms with Gasteiger partial charge in [0.25, 0.3) is 5.91 Å². The van der Waals surface area contributed by atoms with Crippen molar-refractivity contribution in [1.82, 2.24) is 9.78 Å². The van der Waals surface area contributed by atoms with E-state index in [0.29, 0.717) is 16.9 Å². The fraction of sp³-hybridized carbons (Fsp3) is 0. The van der Waals surface area contributed by atoms with Crippen LogP contribution in [0.4, 0.5) is 10.1 Å². The number of hydrogen-bond donors (Lipinski definition) is 1. The fourth-order valence-electron chi connectivity index (χ4n) is 2.83. The first-order chi connectivity index (χ1) is 13.6. The molecule has 0 saturated heterocycles. The topological polar surface area (TPSA) is 46.9 Å². The van der Waals surface area contributed by atoms with Gasteiger partial charge in [-0.15, -0.1) is 0 Å². The van der Waals surface area contributed by atoms with Crippen LogP contribution < -0.4 is 5.32 Å². The number of aromatic nitrogens is 2. The molecule has 6 heteroatoms. The normalized spacial score (nSPS) is 10.6. The number of para-hydroxylation sites is 1. The van der Waals surface area contributed by atoms with Gasteiger partial charge in [0, 0.05) is 21.9 Å². The lowest BCUT2D eigenvalue weighted by Crippen LogP contribution is -2.12. The van der Waals surface area contributed by atoms with Crippen molar-refractivity contribution in [2.24, 2.45) is 0 Å². The summed E-state index contributed by atoms with van der Waals surface area (Å²) in [6, 6.07) is 22.8. The number of hydrogen-bond acceptors (Lipinski definition) is 2. The van der Waals surface area contributed by atoms with E-state index in [1.54, 1.807) is 10.9 Å². The van der Waals surface area contributed by atoms with E-state index in [4.69, 9.17) is 0 Å². The van der Waals surface area contributed by atoms with Gasteiger partial charge in [-0.2, -0.15) is 5.10 Å². The largest absolute Gasteiger partial charge is 0.322 e. The minimum absolute atomic E-state index is 0.316. The van der Waals surface area contributed by atoms with Gasteiger partial charge >= 0.3 is 0 Å². The molecule has 0 aliphatic rings. The van der Waals surface area contributed by atoms with Gasteiger partial charge in [-0.3, -0.25) is 4.79 Å². The Labute approximate surface area is 169 Å². The lowest BCUT2D eigenvalue weighted by atomic mass is 10.1. The van der Waals surface area contributed by atoms with Crippen LogP contribution in [0.25, 0.3) is 16.9 Å². The van der Waals surface area contributed by atoms with Crippen molar-refractivity contribution in [2.45, 2.75) is 0 Å². The summed E-state index contributed by atoms with van der Waals surface area (Å²) in [5.74, 6) is -0.673. The Kier molecular flexibility index (Phi) is 5.04. The maximum atomic E-state index is 13.1. The quantitative estimate of drug-likeness (QED) is 0.447. The van der Waals surface area contributed by atoms with Gasteiger partial charge in [-0.25, -0.2) is 9.07 Å². The van der Waals surface area contributed by atoms with Crippen LogP contribution in [0.5, 0.6) is 0 Å². The molecule has 138 valence electrons. The standard InChI is InChI=1S/C22H15BrFN3O/c23-16-6-4-5-15(13-16)21-20(14-27(26-21)19-7-2-1-3-8-19)22(28)25-18-11-9-17(24)10-12-18/h1-14H,(H,25,28). The van der Waals surface area contributed by atoms with Crippen LogP contribution in [0, 0.1) is 5.82 Å². The van der Waals surface area contributed by atoms with Crippen molar-refractivity contribution in [3.63, 3.8) is 0 Å². The van der Waals surface area contributed by atoms with Crippen LogP contribution in [-0.2, 0) is 0 Å². The molecule has 0 saturated carbocycles. The number of carbonyl (C=O) groups excluding carboxylic acids is 1. The molecule has 4 rings (SSSR count). The van der Waals surface area contributed by atoms with Gasteiger partial charge in [-0.05, 0) is 48.5 Å². The second-order valence-corrected chi connectivity index (χ2v) is 7.06. The maximum absolute atomic E-state index is 13.1. The summed E-state index contributed by atoms with van der Waals surface area (Å²) >= 11 is 3.46. The van der Waals surface area contributed by atoms with E-state index in [1.807, 2.05) is 54.6 Å². The molecule has 3 aromatic carbocycles. The van der Waals surface area contributed by atoms with Crippen molar-refractivity contribution in [3.8, 4) is 16.9 Å². The maximum Gasteiger partial charge on any atom is 0.259 e. The second kappa shape index (κ2) is 7.78. The molecule has 1 heterocycles. The zero-order valence-corrected chi connectivity index (χ0v) is 16.2. The number of amides is 1. The van der Waals surface area contributed by atoms with Gasteiger partial charge < -0.3 is 5.32 Å². The van der Waals surface area contributed by atoms with Crippen LogP contribution in [0.1, 0.15) is 10.4 Å². The zero-order chi connectivity index (χ0) is 19.5. The molecule has 0 radical (unpaired) electrons. The molecule has 0 bridgehead atoms. The predicted octanol–water partition coefficient (Wildman–Crippen LogP) is 5.69. The van der Waals surface area contributed by atoms with Gasteiger partial charge in [0.2, 0.25) is 0 Å². The highest BCUT2D eigenvalue weighted by molar-refractivity contribution is 9.10. The zero-order valence-electron chi connectivity index (χ0n) is 14.6. The van der Waals surface area contributed by atoms with E-state index >= 15 is 0 Å². The highest BCUT2D eigenvalue weighted by Crippen LogP contribution is 2.27. The Morgan fingerprint density at radius 2 is 1.71 bits per heavy atom. The van der Waals surface area contributed by atoms with E-state index in [-0.39, 0.29) is 11.7 Å². The molecule has 0 atom stereocenters. The number of rotatable bonds is 4. The Morgan fingerprint density at radius 1 is 0.964 bits per heavy atom. The summed E-state index contributed by atoms with van der Waals surface area (Å²) in [5.41, 5.74) is 3.16. The summed E-state index contributed by atoms with van der Waals surface area (Å²) < 4.78 is 15.7. The van der Waals surface area contributed by atoms with Crippen molar-refractivity contribution >= 4 is 27.5 Å². The number of nitrogens with zero attached hydrogens (tertiary/aromatic N) is 2. The van der Waals surface area contributed by atoms with Crippen LogP contribution in [0.2, 0.25) is 0 Å². The lowest BCUT2D eigenvalue weighted by Gasteiger charge is -2.05. The summed E-state index contributed by atoms with van der Waals surface area (Å²) in [6.07, 6.45) is 1.70. The molecule has 4 nitrogen and oxygen atoms in total. The second-order valence-electron chi connectivity index (χ2n) is 6.14. The molecule has 0 spiro atoms. The molecular formula is C22H15BrFN3O. The molecule has 4 aromatic rings. The third-order valence-corrected chi connectivity index (χ3v) is 4.67. The molecule has 1 aromatic heterocycles. The van der Waals surface area contributed by atoms with Gasteiger partial charge in [-0.1, -0.05) is 46.3 Å². The molecule has 1 amide bonds. The van der Waals surface area contributed by atoms with E-state index in [1.165, 1.54) is 24.3 Å². The van der Waals surface area contributed by atoms with Gasteiger partial charge in [0.05, 0.1) is 11.3 Å². The minimum atomic E-state index is -0.357.